The topological polar surface area (TPSA) is 84.4 Å². The van der Waals surface area contributed by atoms with Crippen LogP contribution in [0.25, 0.3) is 0 Å². The minimum Gasteiger partial charge on any atom is -0.497 e. The average Bonchev–Trinajstić information content (AvgIpc) is 3.35. The van der Waals surface area contributed by atoms with Gasteiger partial charge in [0.15, 0.2) is 0 Å². The summed E-state index contributed by atoms with van der Waals surface area (Å²) in [7, 11) is 1.62. The number of nitrogens with one attached hydrogen (secondary N) is 1. The molecule has 1 saturated heterocycles. The molecule has 0 saturated carbocycles. The first-order chi connectivity index (χ1) is 14.5. The number of methoxy groups -OCH3 is 1. The molecule has 2 amide bonds. The summed E-state index contributed by atoms with van der Waals surface area (Å²) in [6.45, 7) is 0.244. The maximum Gasteiger partial charge on any atom is 0.231 e. The summed E-state index contributed by atoms with van der Waals surface area (Å²) in [6, 6.07) is 13.3. The molecule has 1 fully saturated rings. The highest BCUT2D eigenvalue weighted by molar-refractivity contribution is 7.15. The van der Waals surface area contributed by atoms with Gasteiger partial charge in [0.2, 0.25) is 16.9 Å². The Morgan fingerprint density at radius 3 is 2.63 bits per heavy atom. The fourth-order valence-corrected chi connectivity index (χ4v) is 4.03. The van der Waals surface area contributed by atoms with Gasteiger partial charge in [0, 0.05) is 25.1 Å². The van der Waals surface area contributed by atoms with E-state index in [1.807, 2.05) is 24.3 Å². The zero-order valence-electron chi connectivity index (χ0n) is 16.2. The average molecular weight is 426 g/mol. The van der Waals surface area contributed by atoms with E-state index < -0.39 is 5.92 Å². The Morgan fingerprint density at radius 2 is 1.93 bits per heavy atom. The molecule has 0 spiro atoms. The highest BCUT2D eigenvalue weighted by Gasteiger charge is 2.35. The van der Waals surface area contributed by atoms with Crippen molar-refractivity contribution in [3.8, 4) is 5.75 Å². The third-order valence-corrected chi connectivity index (χ3v) is 5.68. The van der Waals surface area contributed by atoms with E-state index in [0.29, 0.717) is 17.2 Å². The third kappa shape index (κ3) is 4.46. The van der Waals surface area contributed by atoms with Crippen molar-refractivity contribution >= 4 is 34.0 Å². The van der Waals surface area contributed by atoms with Crippen molar-refractivity contribution in [2.75, 3.05) is 23.9 Å². The van der Waals surface area contributed by atoms with Crippen LogP contribution in [0.5, 0.6) is 5.75 Å². The molecular formula is C21H19FN4O3S. The lowest BCUT2D eigenvalue weighted by Crippen LogP contribution is -2.28. The molecule has 1 aliphatic rings. The van der Waals surface area contributed by atoms with E-state index >= 15 is 0 Å². The van der Waals surface area contributed by atoms with Crippen LogP contribution in [0.1, 0.15) is 17.0 Å². The largest absolute Gasteiger partial charge is 0.497 e. The molecule has 1 atom stereocenters. The molecule has 30 heavy (non-hydrogen) atoms. The number of anilines is 2. The normalized spacial score (nSPS) is 16.0. The number of benzene rings is 2. The van der Waals surface area contributed by atoms with Crippen LogP contribution >= 0.6 is 11.3 Å². The first-order valence-corrected chi connectivity index (χ1v) is 10.2. The molecule has 0 bridgehead atoms. The van der Waals surface area contributed by atoms with Crippen molar-refractivity contribution in [3.63, 3.8) is 0 Å². The molecule has 4 rings (SSSR count). The number of halogens is 1. The summed E-state index contributed by atoms with van der Waals surface area (Å²) >= 11 is 1.30. The van der Waals surface area contributed by atoms with Crippen molar-refractivity contribution in [2.24, 2.45) is 5.92 Å². The Morgan fingerprint density at radius 1 is 1.20 bits per heavy atom. The number of rotatable bonds is 6. The van der Waals surface area contributed by atoms with Gasteiger partial charge in [-0.2, -0.15) is 0 Å². The SMILES string of the molecule is COc1ccc(Cc2nnc(NC(=O)[C@H]3CC(=O)N(c4ccc(F)cc4)C3)s2)cc1. The fraction of sp³-hybridized carbons (Fsp3) is 0.238. The molecule has 1 aromatic heterocycles. The van der Waals surface area contributed by atoms with Crippen LogP contribution in [0, 0.1) is 11.7 Å². The molecular weight excluding hydrogens is 407 g/mol. The second-order valence-corrected chi connectivity index (χ2v) is 7.96. The van der Waals surface area contributed by atoms with Gasteiger partial charge in [0.1, 0.15) is 16.6 Å². The number of aromatic nitrogens is 2. The van der Waals surface area contributed by atoms with Crippen LogP contribution in [-0.2, 0) is 16.0 Å². The third-order valence-electron chi connectivity index (χ3n) is 4.85. The summed E-state index contributed by atoms with van der Waals surface area (Å²) in [4.78, 5) is 26.4. The summed E-state index contributed by atoms with van der Waals surface area (Å²) in [5.41, 5.74) is 1.63. The quantitative estimate of drug-likeness (QED) is 0.654. The fourth-order valence-electron chi connectivity index (χ4n) is 3.25. The van der Waals surface area contributed by atoms with Gasteiger partial charge < -0.3 is 15.0 Å². The summed E-state index contributed by atoms with van der Waals surface area (Å²) < 4.78 is 18.3. The number of ether oxygens (including phenoxy) is 1. The van der Waals surface area contributed by atoms with Crippen molar-refractivity contribution in [2.45, 2.75) is 12.8 Å². The highest BCUT2D eigenvalue weighted by atomic mass is 32.1. The molecule has 1 N–H and O–H groups in total. The Kier molecular flexibility index (Phi) is 5.71. The second-order valence-electron chi connectivity index (χ2n) is 6.90. The molecule has 0 unspecified atom stereocenters. The van der Waals surface area contributed by atoms with Gasteiger partial charge in [0.05, 0.1) is 13.0 Å². The van der Waals surface area contributed by atoms with Crippen molar-refractivity contribution < 1.29 is 18.7 Å². The lowest BCUT2D eigenvalue weighted by Gasteiger charge is -2.16. The van der Waals surface area contributed by atoms with Gasteiger partial charge in [-0.15, -0.1) is 10.2 Å². The molecule has 3 aromatic rings. The first-order valence-electron chi connectivity index (χ1n) is 9.34. The Balaban J connectivity index is 1.36. The molecule has 1 aliphatic heterocycles. The van der Waals surface area contributed by atoms with Crippen LogP contribution in [0.4, 0.5) is 15.2 Å². The van der Waals surface area contributed by atoms with Gasteiger partial charge in [-0.3, -0.25) is 9.59 Å². The standard InChI is InChI=1S/C21H19FN4O3S/c1-29-17-8-2-13(3-9-17)10-18-24-25-21(30-18)23-20(28)14-11-19(27)26(12-14)16-6-4-15(22)5-7-16/h2-9,14H,10-12H2,1H3,(H,23,25,28)/t14-/m0/s1. The van der Waals surface area contributed by atoms with E-state index in [1.165, 1.54) is 40.5 Å². The predicted octanol–water partition coefficient (Wildman–Crippen LogP) is 3.27. The van der Waals surface area contributed by atoms with E-state index in [9.17, 15) is 14.0 Å². The Bertz CT molecular complexity index is 1050. The van der Waals surface area contributed by atoms with Crippen LogP contribution in [0.15, 0.2) is 48.5 Å². The van der Waals surface area contributed by atoms with Crippen LogP contribution < -0.4 is 15.0 Å². The molecule has 7 nitrogen and oxygen atoms in total. The lowest BCUT2D eigenvalue weighted by atomic mass is 10.1. The van der Waals surface area contributed by atoms with Crippen molar-refractivity contribution in [1.29, 1.82) is 0 Å². The second kappa shape index (κ2) is 8.58. The van der Waals surface area contributed by atoms with Gasteiger partial charge in [-0.25, -0.2) is 4.39 Å². The zero-order chi connectivity index (χ0) is 21.1. The summed E-state index contributed by atoms with van der Waals surface area (Å²) in [5.74, 6) is -0.540. The maximum absolute atomic E-state index is 13.1. The van der Waals surface area contributed by atoms with Crippen molar-refractivity contribution in [3.05, 3.63) is 64.9 Å². The summed E-state index contributed by atoms with van der Waals surface area (Å²) in [6.07, 6.45) is 0.693. The minimum absolute atomic E-state index is 0.0979. The Hall–Kier alpha value is -3.33. The van der Waals surface area contributed by atoms with E-state index in [1.54, 1.807) is 7.11 Å². The molecule has 0 radical (unpaired) electrons. The van der Waals surface area contributed by atoms with Crippen LogP contribution in [0.3, 0.4) is 0 Å². The Labute approximate surface area is 176 Å². The predicted molar refractivity (Wildman–Crippen MR) is 111 cm³/mol. The number of hydrogen-bond acceptors (Lipinski definition) is 6. The molecule has 2 heterocycles. The van der Waals surface area contributed by atoms with Crippen LogP contribution in [0.2, 0.25) is 0 Å². The number of amides is 2. The molecule has 9 heteroatoms. The smallest absolute Gasteiger partial charge is 0.231 e. The summed E-state index contributed by atoms with van der Waals surface area (Å²) in [5, 5.41) is 12.1. The van der Waals surface area contributed by atoms with E-state index in [2.05, 4.69) is 15.5 Å². The van der Waals surface area contributed by atoms with E-state index in [4.69, 9.17) is 4.74 Å². The van der Waals surface area contributed by atoms with Gasteiger partial charge in [0.25, 0.3) is 0 Å². The van der Waals surface area contributed by atoms with Gasteiger partial charge >= 0.3 is 0 Å². The number of hydrogen-bond donors (Lipinski definition) is 1. The van der Waals surface area contributed by atoms with E-state index in [-0.39, 0.29) is 30.6 Å². The lowest BCUT2D eigenvalue weighted by molar-refractivity contribution is -0.122. The van der Waals surface area contributed by atoms with Gasteiger partial charge in [-0.05, 0) is 42.0 Å². The number of nitrogens with zero attached hydrogens (tertiary/aromatic N) is 3. The van der Waals surface area contributed by atoms with Gasteiger partial charge in [-0.1, -0.05) is 23.5 Å². The molecule has 154 valence electrons. The maximum atomic E-state index is 13.1. The molecule has 2 aromatic carbocycles. The highest BCUT2D eigenvalue weighted by Crippen LogP contribution is 2.27. The van der Waals surface area contributed by atoms with E-state index in [0.717, 1.165) is 16.3 Å². The monoisotopic (exact) mass is 426 g/mol. The number of carbonyl (C=O) groups is 2. The van der Waals surface area contributed by atoms with Crippen LogP contribution in [-0.4, -0.2) is 35.7 Å². The molecule has 0 aliphatic carbocycles. The first kappa shape index (κ1) is 20.0. The minimum atomic E-state index is -0.503. The zero-order valence-corrected chi connectivity index (χ0v) is 17.0. The van der Waals surface area contributed by atoms with Crippen molar-refractivity contribution in [1.82, 2.24) is 10.2 Å². The number of carbonyl (C=O) groups excluding carboxylic acids is 2.